The number of fused-ring (bicyclic) bond motifs is 2. The van der Waals surface area contributed by atoms with Crippen molar-refractivity contribution in [3.05, 3.63) is 54.2 Å². The quantitative estimate of drug-likeness (QED) is 0.434. The van der Waals surface area contributed by atoms with Gasteiger partial charge in [-0.3, -0.25) is 14.5 Å². The van der Waals surface area contributed by atoms with Crippen molar-refractivity contribution in [2.24, 2.45) is 0 Å². The maximum absolute atomic E-state index is 9.05. The number of H-pyrrole nitrogens is 1. The number of nitrogens with one attached hydrogen (secondary N) is 1. The van der Waals surface area contributed by atoms with E-state index in [1.165, 1.54) is 0 Å². The molecule has 0 saturated carbocycles. The Morgan fingerprint density at radius 3 is 3.00 bits per heavy atom. The molecular weight excluding hydrogens is 372 g/mol. The number of aromatic nitrogens is 8. The molecule has 5 heterocycles. The first-order valence-corrected chi connectivity index (χ1v) is 9.24. The summed E-state index contributed by atoms with van der Waals surface area (Å²) in [5, 5.41) is 20.8. The summed E-state index contributed by atoms with van der Waals surface area (Å²) in [5.41, 5.74) is 6.36. The lowest BCUT2D eigenvalue weighted by atomic mass is 10.2. The number of pyridine rings is 1. The summed E-state index contributed by atoms with van der Waals surface area (Å²) in [4.78, 5) is 9.16. The summed E-state index contributed by atoms with van der Waals surface area (Å²) < 4.78 is 10.7. The summed E-state index contributed by atoms with van der Waals surface area (Å²) in [6, 6.07) is 4.14. The molecule has 0 saturated heterocycles. The molecule has 29 heavy (non-hydrogen) atoms. The topological polar surface area (TPSA) is 111 Å². The number of ether oxygens (including phenoxy) is 1. The van der Waals surface area contributed by atoms with Gasteiger partial charge in [0.1, 0.15) is 0 Å². The van der Waals surface area contributed by atoms with Crippen molar-refractivity contribution in [3.8, 4) is 11.3 Å². The fraction of sp³-hybridized carbons (Fsp3) is 0.263. The first-order valence-electron chi connectivity index (χ1n) is 9.24. The molecule has 5 aromatic heterocycles. The number of aliphatic hydroxyl groups is 1. The minimum absolute atomic E-state index is 0.0440. The van der Waals surface area contributed by atoms with E-state index in [-0.39, 0.29) is 6.61 Å². The molecule has 0 amide bonds. The van der Waals surface area contributed by atoms with Crippen molar-refractivity contribution in [1.82, 2.24) is 39.1 Å². The van der Waals surface area contributed by atoms with Crippen LogP contribution in [0.3, 0.4) is 0 Å². The van der Waals surface area contributed by atoms with Gasteiger partial charge in [-0.15, -0.1) is 0 Å². The molecule has 5 aromatic rings. The molecule has 0 radical (unpaired) electrons. The van der Waals surface area contributed by atoms with Gasteiger partial charge >= 0.3 is 0 Å². The fourth-order valence-corrected chi connectivity index (χ4v) is 3.37. The molecule has 0 fully saturated rings. The van der Waals surface area contributed by atoms with Crippen LogP contribution in [0, 0.1) is 0 Å². The highest BCUT2D eigenvalue weighted by Crippen LogP contribution is 2.21. The Morgan fingerprint density at radius 2 is 2.14 bits per heavy atom. The fourth-order valence-electron chi connectivity index (χ4n) is 3.37. The molecule has 0 bridgehead atoms. The maximum atomic E-state index is 9.05. The zero-order chi connectivity index (χ0) is 19.8. The third kappa shape index (κ3) is 3.18. The third-order valence-corrected chi connectivity index (χ3v) is 4.81. The normalized spacial score (nSPS) is 11.8. The predicted molar refractivity (Wildman–Crippen MR) is 105 cm³/mol. The van der Waals surface area contributed by atoms with Crippen molar-refractivity contribution >= 4 is 16.8 Å². The largest absolute Gasteiger partial charge is 0.394 e. The van der Waals surface area contributed by atoms with Crippen LogP contribution in [0.1, 0.15) is 11.1 Å². The summed E-state index contributed by atoms with van der Waals surface area (Å²) in [5.74, 6) is 0. The summed E-state index contributed by atoms with van der Waals surface area (Å²) >= 11 is 0. The first-order chi connectivity index (χ1) is 14.2. The van der Waals surface area contributed by atoms with E-state index in [0.717, 1.165) is 39.2 Å². The molecule has 0 aliphatic heterocycles. The van der Waals surface area contributed by atoms with Crippen LogP contribution in [0.5, 0.6) is 0 Å². The van der Waals surface area contributed by atoms with Gasteiger partial charge in [0, 0.05) is 30.6 Å². The zero-order valence-corrected chi connectivity index (χ0v) is 15.9. The Kier molecular flexibility index (Phi) is 4.34. The highest BCUT2D eigenvalue weighted by atomic mass is 16.5. The number of hydrogen-bond donors (Lipinski definition) is 2. The Morgan fingerprint density at radius 1 is 1.21 bits per heavy atom. The number of aromatic amines is 1. The number of nitrogens with zero attached hydrogens (tertiary/aromatic N) is 7. The first kappa shape index (κ1) is 17.6. The van der Waals surface area contributed by atoms with E-state index < -0.39 is 0 Å². The zero-order valence-electron chi connectivity index (χ0n) is 15.9. The molecule has 0 aliphatic carbocycles. The van der Waals surface area contributed by atoms with Gasteiger partial charge in [0.05, 0.1) is 56.1 Å². The van der Waals surface area contributed by atoms with Gasteiger partial charge in [0.2, 0.25) is 0 Å². The van der Waals surface area contributed by atoms with Crippen LogP contribution in [-0.4, -0.2) is 58.0 Å². The van der Waals surface area contributed by atoms with Gasteiger partial charge in [-0.2, -0.15) is 10.2 Å². The van der Waals surface area contributed by atoms with Gasteiger partial charge in [-0.1, -0.05) is 0 Å². The SMILES string of the molecule is COCc1cnn2ccc(Cn3[nH]c4ncc(-c5cnn(CCO)c5)nc43)cc12. The molecule has 2 N–H and O–H groups in total. The average Bonchev–Trinajstić information content (AvgIpc) is 3.34. The van der Waals surface area contributed by atoms with Crippen LogP contribution in [0.25, 0.3) is 28.1 Å². The summed E-state index contributed by atoms with van der Waals surface area (Å²) in [6.45, 7) is 1.66. The van der Waals surface area contributed by atoms with Crippen molar-refractivity contribution in [2.75, 3.05) is 13.7 Å². The van der Waals surface area contributed by atoms with Crippen LogP contribution in [0.4, 0.5) is 0 Å². The van der Waals surface area contributed by atoms with E-state index >= 15 is 0 Å². The molecule has 0 spiro atoms. The van der Waals surface area contributed by atoms with Gasteiger partial charge in [-0.25, -0.2) is 14.5 Å². The molecule has 0 aromatic carbocycles. The molecule has 10 nitrogen and oxygen atoms in total. The standard InChI is InChI=1S/C19H20N8O2/c1-29-12-15-8-22-26-3-2-13(6-17(15)26)10-27-19-18(24-27)20-9-16(23-19)14-7-21-25(11-14)4-5-28/h2-3,6-9,11,28H,4-5,10,12H2,1H3,(H,20,24). The lowest BCUT2D eigenvalue weighted by molar-refractivity contribution is 0.186. The second-order valence-electron chi connectivity index (χ2n) is 6.81. The van der Waals surface area contributed by atoms with Gasteiger partial charge in [0.15, 0.2) is 11.3 Å². The monoisotopic (exact) mass is 392 g/mol. The smallest absolute Gasteiger partial charge is 0.193 e. The maximum Gasteiger partial charge on any atom is 0.193 e. The van der Waals surface area contributed by atoms with Crippen molar-refractivity contribution in [1.29, 1.82) is 0 Å². The Balaban J connectivity index is 1.43. The molecule has 148 valence electrons. The molecule has 0 unspecified atom stereocenters. The van der Waals surface area contributed by atoms with Gasteiger partial charge < -0.3 is 9.84 Å². The summed E-state index contributed by atoms with van der Waals surface area (Å²) in [7, 11) is 1.68. The Labute approximate surface area is 165 Å². The highest BCUT2D eigenvalue weighted by molar-refractivity contribution is 5.72. The molecule has 10 heteroatoms. The minimum atomic E-state index is 0.0440. The highest BCUT2D eigenvalue weighted by Gasteiger charge is 2.13. The minimum Gasteiger partial charge on any atom is -0.394 e. The number of hydrogen-bond acceptors (Lipinski definition) is 6. The lowest BCUT2D eigenvalue weighted by Gasteiger charge is -2.15. The molecule has 0 aliphatic rings. The lowest BCUT2D eigenvalue weighted by Crippen LogP contribution is -2.15. The number of rotatable bonds is 7. The van der Waals surface area contributed by atoms with Crippen LogP contribution >= 0.6 is 0 Å². The third-order valence-electron chi connectivity index (χ3n) is 4.81. The molecular formula is C19H20N8O2. The van der Waals surface area contributed by atoms with E-state index in [9.17, 15) is 0 Å². The van der Waals surface area contributed by atoms with Crippen LogP contribution < -0.4 is 0 Å². The van der Waals surface area contributed by atoms with Gasteiger partial charge in [0.25, 0.3) is 0 Å². The van der Waals surface area contributed by atoms with E-state index in [0.29, 0.717) is 19.7 Å². The average molecular weight is 392 g/mol. The van der Waals surface area contributed by atoms with Crippen molar-refractivity contribution in [3.63, 3.8) is 0 Å². The summed E-state index contributed by atoms with van der Waals surface area (Å²) in [6.07, 6.45) is 9.08. The Hall–Kier alpha value is -3.50. The van der Waals surface area contributed by atoms with Crippen molar-refractivity contribution in [2.45, 2.75) is 19.7 Å². The number of aliphatic hydroxyl groups excluding tert-OH is 1. The predicted octanol–water partition coefficient (Wildman–Crippen LogP) is 1.46. The van der Waals surface area contributed by atoms with Gasteiger partial charge in [-0.05, 0) is 17.7 Å². The number of methoxy groups -OCH3 is 1. The van der Waals surface area contributed by atoms with E-state index in [1.54, 1.807) is 24.2 Å². The molecule has 0 atom stereocenters. The van der Waals surface area contributed by atoms with E-state index in [4.69, 9.17) is 14.8 Å². The Bertz CT molecular complexity index is 1280. The van der Waals surface area contributed by atoms with Crippen LogP contribution in [0.15, 0.2) is 43.1 Å². The molecule has 5 rings (SSSR count). The second-order valence-corrected chi connectivity index (χ2v) is 6.81. The van der Waals surface area contributed by atoms with Crippen molar-refractivity contribution < 1.29 is 9.84 Å². The van der Waals surface area contributed by atoms with Crippen LogP contribution in [-0.2, 0) is 24.4 Å². The van der Waals surface area contributed by atoms with E-state index in [2.05, 4.69) is 26.3 Å². The second kappa shape index (κ2) is 7.15. The van der Waals surface area contributed by atoms with Crippen LogP contribution in [0.2, 0.25) is 0 Å². The van der Waals surface area contributed by atoms with E-state index in [1.807, 2.05) is 33.9 Å².